The van der Waals surface area contributed by atoms with Gasteiger partial charge in [-0.1, -0.05) is 6.08 Å². The fourth-order valence-electron chi connectivity index (χ4n) is 5.10. The number of H-pyrrole nitrogens is 1. The predicted molar refractivity (Wildman–Crippen MR) is 152 cm³/mol. The fraction of sp³-hybridized carbons (Fsp3) is 0.241. The zero-order chi connectivity index (χ0) is 27.6. The fourth-order valence-corrected chi connectivity index (χ4v) is 5.10. The Kier molecular flexibility index (Phi) is 6.79. The van der Waals surface area contributed by atoms with Crippen LogP contribution >= 0.6 is 0 Å². The monoisotopic (exact) mass is 535 g/mol. The first-order valence-corrected chi connectivity index (χ1v) is 13.1. The lowest BCUT2D eigenvalue weighted by Gasteiger charge is -2.16. The first-order valence-electron chi connectivity index (χ1n) is 13.1. The topological polar surface area (TPSA) is 124 Å². The molecule has 202 valence electrons. The van der Waals surface area contributed by atoms with E-state index in [0.717, 1.165) is 39.8 Å². The molecule has 1 saturated heterocycles. The number of pyridine rings is 2. The van der Waals surface area contributed by atoms with E-state index in [2.05, 4.69) is 36.5 Å². The Balaban J connectivity index is 1.17. The average Bonchev–Trinajstić information content (AvgIpc) is 3.70. The Morgan fingerprint density at radius 1 is 1.12 bits per heavy atom. The Morgan fingerprint density at radius 3 is 2.90 bits per heavy atom. The lowest BCUT2D eigenvalue weighted by atomic mass is 10.0. The molecule has 0 spiro atoms. The number of fused-ring (bicyclic) bond motifs is 2. The summed E-state index contributed by atoms with van der Waals surface area (Å²) in [7, 11) is 3.86. The van der Waals surface area contributed by atoms with E-state index in [1.807, 2.05) is 48.3 Å². The van der Waals surface area contributed by atoms with Gasteiger partial charge < -0.3 is 20.1 Å². The van der Waals surface area contributed by atoms with Crippen molar-refractivity contribution >= 4 is 34.1 Å². The normalized spacial score (nSPS) is 15.6. The molecule has 11 nitrogen and oxygen atoms in total. The number of carbonyl (C=O) groups excluding carboxylic acids is 2. The Hall–Kier alpha value is -4.90. The van der Waals surface area contributed by atoms with E-state index >= 15 is 0 Å². The summed E-state index contributed by atoms with van der Waals surface area (Å²) in [6.07, 6.45) is 12.5. The van der Waals surface area contributed by atoms with Gasteiger partial charge in [-0.3, -0.25) is 14.6 Å². The number of anilines is 1. The maximum atomic E-state index is 13.3. The maximum absolute atomic E-state index is 13.3. The minimum atomic E-state index is -0.262. The number of likely N-dealkylation sites (N-methyl/N-ethyl adjacent to an activating group) is 1. The van der Waals surface area contributed by atoms with Crippen LogP contribution in [0.3, 0.4) is 0 Å². The van der Waals surface area contributed by atoms with Crippen LogP contribution in [0.2, 0.25) is 0 Å². The summed E-state index contributed by atoms with van der Waals surface area (Å²) in [4.78, 5) is 41.6. The summed E-state index contributed by atoms with van der Waals surface area (Å²) in [5.74, 6) is -0.223. The number of carbonyl (C=O) groups is 2. The van der Waals surface area contributed by atoms with Gasteiger partial charge in [0.25, 0.3) is 5.91 Å². The van der Waals surface area contributed by atoms with Gasteiger partial charge in [-0.2, -0.15) is 14.8 Å². The van der Waals surface area contributed by atoms with E-state index in [1.54, 1.807) is 29.2 Å². The summed E-state index contributed by atoms with van der Waals surface area (Å²) in [5.41, 5.74) is 5.71. The quantitative estimate of drug-likeness (QED) is 0.306. The number of nitrogens with one attached hydrogen (secondary N) is 2. The third-order valence-electron chi connectivity index (χ3n) is 7.05. The summed E-state index contributed by atoms with van der Waals surface area (Å²) < 4.78 is 1.62. The number of hydrogen-bond donors (Lipinski definition) is 2. The maximum Gasteiger partial charge on any atom is 0.255 e. The first kappa shape index (κ1) is 25.4. The van der Waals surface area contributed by atoms with Crippen LogP contribution in [0.25, 0.3) is 27.7 Å². The molecule has 6 rings (SSSR count). The molecule has 0 bridgehead atoms. The number of aromatic nitrogens is 6. The van der Waals surface area contributed by atoms with Gasteiger partial charge in [0.1, 0.15) is 5.65 Å². The number of aromatic amines is 1. The van der Waals surface area contributed by atoms with Gasteiger partial charge in [-0.25, -0.2) is 4.98 Å². The summed E-state index contributed by atoms with van der Waals surface area (Å²) in [6, 6.07) is 9.69. The van der Waals surface area contributed by atoms with Crippen molar-refractivity contribution in [2.24, 2.45) is 0 Å². The molecule has 5 aromatic rings. The molecule has 1 fully saturated rings. The molecule has 0 aliphatic carbocycles. The molecule has 11 heteroatoms. The van der Waals surface area contributed by atoms with Gasteiger partial charge in [0.05, 0.1) is 29.2 Å². The van der Waals surface area contributed by atoms with Crippen molar-refractivity contribution in [2.45, 2.75) is 12.3 Å². The van der Waals surface area contributed by atoms with Gasteiger partial charge in [-0.05, 0) is 56.4 Å². The summed E-state index contributed by atoms with van der Waals surface area (Å²) >= 11 is 0. The third kappa shape index (κ3) is 5.06. The second kappa shape index (κ2) is 10.7. The minimum absolute atomic E-state index is 0.108. The second-order valence-electron chi connectivity index (χ2n) is 10.2. The van der Waals surface area contributed by atoms with Crippen LogP contribution in [-0.2, 0) is 4.79 Å². The van der Waals surface area contributed by atoms with Crippen molar-refractivity contribution in [3.8, 4) is 11.1 Å². The Labute approximate surface area is 230 Å². The number of likely N-dealkylation sites (tertiary alicyclic amines) is 1. The van der Waals surface area contributed by atoms with E-state index < -0.39 is 0 Å². The van der Waals surface area contributed by atoms with Crippen LogP contribution in [0.5, 0.6) is 0 Å². The lowest BCUT2D eigenvalue weighted by molar-refractivity contribution is -0.111. The number of hydrogen-bond acceptors (Lipinski definition) is 7. The standard InChI is InChI=1S/C29H29N9O2/c1-36(2)11-4-6-27(39)34-21-13-20(15-30-16-21)29(40)37-12-8-19(18-37)25-14-23-22(7-10-31-28(23)35-25)24-17-33-38-26(24)5-3-9-32-38/h3-7,9-10,13-17,19H,8,11-12,18H2,1-2H3,(H,31,35)(H,34,39)/b6-4+/t19-/m0/s1. The number of rotatable bonds is 7. The van der Waals surface area contributed by atoms with Crippen molar-refractivity contribution in [1.82, 2.24) is 39.6 Å². The Bertz CT molecular complexity index is 1740. The smallest absolute Gasteiger partial charge is 0.255 e. The largest absolute Gasteiger partial charge is 0.343 e. The molecule has 6 heterocycles. The molecular weight excluding hydrogens is 506 g/mol. The van der Waals surface area contributed by atoms with Crippen LogP contribution in [0.1, 0.15) is 28.4 Å². The molecule has 1 aliphatic rings. The highest BCUT2D eigenvalue weighted by atomic mass is 16.2. The second-order valence-corrected chi connectivity index (χ2v) is 10.2. The minimum Gasteiger partial charge on any atom is -0.343 e. The van der Waals surface area contributed by atoms with Gasteiger partial charge in [0.2, 0.25) is 5.91 Å². The van der Waals surface area contributed by atoms with E-state index in [-0.39, 0.29) is 17.7 Å². The average molecular weight is 536 g/mol. The van der Waals surface area contributed by atoms with Crippen LogP contribution in [-0.4, -0.2) is 85.1 Å². The van der Waals surface area contributed by atoms with Gasteiger partial charge in [0.15, 0.2) is 0 Å². The van der Waals surface area contributed by atoms with E-state index in [0.29, 0.717) is 30.9 Å². The zero-order valence-corrected chi connectivity index (χ0v) is 22.3. The molecule has 0 unspecified atom stereocenters. The highest BCUT2D eigenvalue weighted by molar-refractivity contribution is 6.01. The molecule has 1 aliphatic heterocycles. The van der Waals surface area contributed by atoms with Gasteiger partial charge >= 0.3 is 0 Å². The van der Waals surface area contributed by atoms with E-state index in [1.165, 1.54) is 18.5 Å². The van der Waals surface area contributed by atoms with Crippen molar-refractivity contribution in [3.63, 3.8) is 0 Å². The molecular formula is C29H29N9O2. The third-order valence-corrected chi connectivity index (χ3v) is 7.05. The number of nitrogens with zero attached hydrogens (tertiary/aromatic N) is 7. The zero-order valence-electron chi connectivity index (χ0n) is 22.3. The van der Waals surface area contributed by atoms with Crippen LogP contribution in [0.15, 0.2) is 73.5 Å². The molecule has 40 heavy (non-hydrogen) atoms. The van der Waals surface area contributed by atoms with E-state index in [4.69, 9.17) is 0 Å². The first-order chi connectivity index (χ1) is 19.5. The SMILES string of the molecule is CN(C)C/C=C/C(=O)Nc1cncc(C(=O)N2CC[C@H](c3cc4c(-c5cnn6ncccc56)ccnc4[nH]3)C2)c1. The van der Waals surface area contributed by atoms with Gasteiger partial charge in [-0.15, -0.1) is 0 Å². The molecule has 1 atom stereocenters. The van der Waals surface area contributed by atoms with Crippen LogP contribution < -0.4 is 5.32 Å². The van der Waals surface area contributed by atoms with Gasteiger partial charge in [0, 0.05) is 66.9 Å². The predicted octanol–water partition coefficient (Wildman–Crippen LogP) is 3.35. The highest BCUT2D eigenvalue weighted by Crippen LogP contribution is 2.35. The van der Waals surface area contributed by atoms with Crippen molar-refractivity contribution in [3.05, 3.63) is 84.7 Å². The van der Waals surface area contributed by atoms with Crippen LogP contribution in [0, 0.1) is 0 Å². The molecule has 5 aromatic heterocycles. The van der Waals surface area contributed by atoms with Crippen LogP contribution in [0.4, 0.5) is 5.69 Å². The molecule has 0 saturated carbocycles. The van der Waals surface area contributed by atoms with Crippen molar-refractivity contribution < 1.29 is 9.59 Å². The lowest BCUT2D eigenvalue weighted by Crippen LogP contribution is -2.28. The highest BCUT2D eigenvalue weighted by Gasteiger charge is 2.30. The molecule has 2 amide bonds. The van der Waals surface area contributed by atoms with E-state index in [9.17, 15) is 9.59 Å². The Morgan fingerprint density at radius 2 is 2.02 bits per heavy atom. The molecule has 2 N–H and O–H groups in total. The van der Waals surface area contributed by atoms with Crippen molar-refractivity contribution in [2.75, 3.05) is 39.0 Å². The summed E-state index contributed by atoms with van der Waals surface area (Å²) in [6.45, 7) is 1.86. The van der Waals surface area contributed by atoms with Crippen molar-refractivity contribution in [1.29, 1.82) is 0 Å². The molecule has 0 aromatic carbocycles. The number of amides is 2. The molecule has 0 radical (unpaired) electrons. The summed E-state index contributed by atoms with van der Waals surface area (Å²) in [5, 5.41) is 12.4.